The lowest BCUT2D eigenvalue weighted by Gasteiger charge is -2.12. The molecule has 0 saturated carbocycles. The first-order chi connectivity index (χ1) is 8.29. The van der Waals surface area contributed by atoms with E-state index in [1.54, 1.807) is 6.07 Å². The number of nitrogens with two attached hydrogens (primary N) is 1. The predicted molar refractivity (Wildman–Crippen MR) is 62.7 cm³/mol. The van der Waals surface area contributed by atoms with Crippen LogP contribution in [0.2, 0.25) is 0 Å². The van der Waals surface area contributed by atoms with Crippen LogP contribution in [-0.4, -0.2) is 26.0 Å². The summed E-state index contributed by atoms with van der Waals surface area (Å²) in [5, 5.41) is 0. The molecule has 0 bridgehead atoms. The molecule has 1 aromatic carbocycles. The van der Waals surface area contributed by atoms with Crippen LogP contribution in [0.3, 0.4) is 0 Å². The van der Waals surface area contributed by atoms with Gasteiger partial charge in [0.2, 0.25) is 0 Å². The van der Waals surface area contributed by atoms with Crippen molar-refractivity contribution >= 4 is 5.69 Å². The number of rotatable bonds is 5. The van der Waals surface area contributed by atoms with Crippen LogP contribution in [0.5, 0.6) is 5.75 Å². The fourth-order valence-corrected chi connectivity index (χ4v) is 1.40. The van der Waals surface area contributed by atoms with Crippen molar-refractivity contribution in [2.24, 2.45) is 0 Å². The van der Waals surface area contributed by atoms with Gasteiger partial charge in [-0.25, -0.2) is 0 Å². The number of anilines is 1. The van der Waals surface area contributed by atoms with Crippen molar-refractivity contribution in [3.05, 3.63) is 23.3 Å². The third-order valence-electron chi connectivity index (χ3n) is 2.31. The summed E-state index contributed by atoms with van der Waals surface area (Å²) in [5.74, 6) is 0.564. The lowest BCUT2D eigenvalue weighted by molar-refractivity contribution is -0.175. The Hall–Kier alpha value is -1.43. The van der Waals surface area contributed by atoms with E-state index in [0.717, 1.165) is 11.1 Å². The summed E-state index contributed by atoms with van der Waals surface area (Å²) >= 11 is 0. The SMILES string of the molecule is Cc1cc(C)c(OCCOCC(F)(F)F)cc1N. The first-order valence-corrected chi connectivity index (χ1v) is 5.43. The van der Waals surface area contributed by atoms with Gasteiger partial charge in [0, 0.05) is 11.8 Å². The molecule has 0 saturated heterocycles. The smallest absolute Gasteiger partial charge is 0.411 e. The fraction of sp³-hybridized carbons (Fsp3) is 0.500. The number of alkyl halides is 3. The summed E-state index contributed by atoms with van der Waals surface area (Å²) in [7, 11) is 0. The minimum Gasteiger partial charge on any atom is -0.491 e. The van der Waals surface area contributed by atoms with Crippen LogP contribution in [0, 0.1) is 13.8 Å². The van der Waals surface area contributed by atoms with Crippen LogP contribution in [0.15, 0.2) is 12.1 Å². The highest BCUT2D eigenvalue weighted by Crippen LogP contribution is 2.24. The summed E-state index contributed by atoms with van der Waals surface area (Å²) in [5.41, 5.74) is 8.13. The zero-order valence-electron chi connectivity index (χ0n) is 10.3. The van der Waals surface area contributed by atoms with Crippen LogP contribution in [0.1, 0.15) is 11.1 Å². The number of aryl methyl sites for hydroxylation is 2. The summed E-state index contributed by atoms with van der Waals surface area (Å²) in [4.78, 5) is 0. The molecule has 6 heteroatoms. The molecule has 1 rings (SSSR count). The van der Waals surface area contributed by atoms with Gasteiger partial charge in [-0.3, -0.25) is 0 Å². The summed E-state index contributed by atoms with van der Waals surface area (Å²) in [6, 6.07) is 3.52. The number of ether oxygens (including phenoxy) is 2. The minimum absolute atomic E-state index is 0.0550. The van der Waals surface area contributed by atoms with Gasteiger partial charge >= 0.3 is 6.18 Å². The maximum absolute atomic E-state index is 11.8. The Morgan fingerprint density at radius 1 is 1.11 bits per heavy atom. The lowest BCUT2D eigenvalue weighted by Crippen LogP contribution is -2.19. The van der Waals surface area contributed by atoms with Crippen molar-refractivity contribution in [3.8, 4) is 5.75 Å². The zero-order chi connectivity index (χ0) is 13.8. The van der Waals surface area contributed by atoms with E-state index in [1.165, 1.54) is 0 Å². The molecule has 2 N–H and O–H groups in total. The Labute approximate surface area is 104 Å². The van der Waals surface area contributed by atoms with Crippen LogP contribution in [0.25, 0.3) is 0 Å². The molecule has 0 spiro atoms. The third-order valence-corrected chi connectivity index (χ3v) is 2.31. The topological polar surface area (TPSA) is 44.5 Å². The van der Waals surface area contributed by atoms with Gasteiger partial charge in [-0.1, -0.05) is 6.07 Å². The fourth-order valence-electron chi connectivity index (χ4n) is 1.40. The van der Waals surface area contributed by atoms with Gasteiger partial charge in [0.15, 0.2) is 0 Å². The maximum atomic E-state index is 11.8. The van der Waals surface area contributed by atoms with Crippen molar-refractivity contribution in [1.82, 2.24) is 0 Å². The van der Waals surface area contributed by atoms with E-state index in [2.05, 4.69) is 4.74 Å². The maximum Gasteiger partial charge on any atom is 0.411 e. The standard InChI is InChI=1S/C12H16F3NO2/c1-8-5-9(2)11(6-10(8)16)18-4-3-17-7-12(13,14)15/h5-6H,3-4,7,16H2,1-2H3. The summed E-state index contributed by atoms with van der Waals surface area (Å²) in [6.07, 6.45) is -4.30. The van der Waals surface area contributed by atoms with E-state index < -0.39 is 12.8 Å². The number of hydrogen-bond donors (Lipinski definition) is 1. The molecule has 0 unspecified atom stereocenters. The summed E-state index contributed by atoms with van der Waals surface area (Å²) < 4.78 is 45.1. The van der Waals surface area contributed by atoms with Crippen molar-refractivity contribution in [1.29, 1.82) is 0 Å². The molecule has 0 aliphatic rings. The van der Waals surface area contributed by atoms with Gasteiger partial charge in [-0.05, 0) is 25.0 Å². The molecular formula is C12H16F3NO2. The quantitative estimate of drug-likeness (QED) is 0.656. The second-order valence-electron chi connectivity index (χ2n) is 3.99. The molecule has 0 radical (unpaired) electrons. The molecule has 0 aliphatic carbocycles. The van der Waals surface area contributed by atoms with Crippen molar-refractivity contribution in [3.63, 3.8) is 0 Å². The van der Waals surface area contributed by atoms with Crippen LogP contribution in [0.4, 0.5) is 18.9 Å². The number of halogens is 3. The van der Waals surface area contributed by atoms with Gasteiger partial charge < -0.3 is 15.2 Å². The molecule has 0 aromatic heterocycles. The van der Waals surface area contributed by atoms with Gasteiger partial charge in [0.25, 0.3) is 0 Å². The molecule has 0 aliphatic heterocycles. The van der Waals surface area contributed by atoms with Crippen LogP contribution < -0.4 is 10.5 Å². The third kappa shape index (κ3) is 4.83. The van der Waals surface area contributed by atoms with Gasteiger partial charge in [0.05, 0.1) is 6.61 Å². The Balaban J connectivity index is 2.38. The highest BCUT2D eigenvalue weighted by molar-refractivity contribution is 5.54. The molecular weight excluding hydrogens is 247 g/mol. The molecule has 1 aromatic rings. The Morgan fingerprint density at radius 2 is 1.78 bits per heavy atom. The van der Waals surface area contributed by atoms with E-state index in [9.17, 15) is 13.2 Å². The average Bonchev–Trinajstić information content (AvgIpc) is 2.23. The van der Waals surface area contributed by atoms with Crippen LogP contribution >= 0.6 is 0 Å². The zero-order valence-corrected chi connectivity index (χ0v) is 10.3. The molecule has 0 heterocycles. The molecule has 3 nitrogen and oxygen atoms in total. The number of nitrogen functional groups attached to an aromatic ring is 1. The highest BCUT2D eigenvalue weighted by atomic mass is 19.4. The first-order valence-electron chi connectivity index (χ1n) is 5.43. The van der Waals surface area contributed by atoms with E-state index in [-0.39, 0.29) is 13.2 Å². The van der Waals surface area contributed by atoms with Crippen LogP contribution in [-0.2, 0) is 4.74 Å². The average molecular weight is 263 g/mol. The van der Waals surface area contributed by atoms with E-state index in [1.807, 2.05) is 19.9 Å². The lowest BCUT2D eigenvalue weighted by atomic mass is 10.1. The minimum atomic E-state index is -4.30. The molecule has 0 fully saturated rings. The molecule has 0 amide bonds. The summed E-state index contributed by atoms with van der Waals surface area (Å²) in [6.45, 7) is 2.40. The van der Waals surface area contributed by atoms with Gasteiger partial charge in [-0.15, -0.1) is 0 Å². The van der Waals surface area contributed by atoms with Gasteiger partial charge in [0.1, 0.15) is 19.0 Å². The van der Waals surface area contributed by atoms with E-state index in [0.29, 0.717) is 11.4 Å². The second-order valence-corrected chi connectivity index (χ2v) is 3.99. The largest absolute Gasteiger partial charge is 0.491 e. The van der Waals surface area contributed by atoms with E-state index >= 15 is 0 Å². The van der Waals surface area contributed by atoms with Crippen molar-refractivity contribution in [2.45, 2.75) is 20.0 Å². The highest BCUT2D eigenvalue weighted by Gasteiger charge is 2.27. The predicted octanol–water partition coefficient (Wildman–Crippen LogP) is 2.84. The normalized spacial score (nSPS) is 11.6. The molecule has 102 valence electrons. The molecule has 18 heavy (non-hydrogen) atoms. The van der Waals surface area contributed by atoms with E-state index in [4.69, 9.17) is 10.5 Å². The Bertz CT molecular complexity index is 405. The number of benzene rings is 1. The van der Waals surface area contributed by atoms with Gasteiger partial charge in [-0.2, -0.15) is 13.2 Å². The first kappa shape index (κ1) is 14.6. The van der Waals surface area contributed by atoms with Crippen molar-refractivity contribution < 1.29 is 22.6 Å². The Kier molecular flexibility index (Phi) is 4.84. The Morgan fingerprint density at radius 3 is 2.39 bits per heavy atom. The number of hydrogen-bond acceptors (Lipinski definition) is 3. The van der Waals surface area contributed by atoms with Crippen molar-refractivity contribution in [2.75, 3.05) is 25.6 Å². The molecule has 0 atom stereocenters. The monoisotopic (exact) mass is 263 g/mol. The second kappa shape index (κ2) is 5.95.